The van der Waals surface area contributed by atoms with Crippen molar-refractivity contribution in [2.24, 2.45) is 5.41 Å². The molecule has 62 heavy (non-hydrogen) atoms. The van der Waals surface area contributed by atoms with E-state index >= 15 is 0 Å². The molecule has 2 atom stereocenters. The van der Waals surface area contributed by atoms with Gasteiger partial charge in [0.2, 0.25) is 9.03 Å². The molecule has 6 aromatic carbocycles. The molecule has 6 rings (SSSR count). The molecule has 0 aliphatic carbocycles. The molecule has 2 unspecified atom stereocenters. The lowest BCUT2D eigenvalue weighted by Crippen LogP contribution is -2.38. The van der Waals surface area contributed by atoms with Crippen molar-refractivity contribution in [3.63, 3.8) is 0 Å². The van der Waals surface area contributed by atoms with Gasteiger partial charge in [0.15, 0.2) is 0 Å². The van der Waals surface area contributed by atoms with Gasteiger partial charge in [0.05, 0.1) is 41.3 Å². The molecule has 6 nitrogen and oxygen atoms in total. The number of benzene rings is 6. The van der Waals surface area contributed by atoms with Crippen molar-refractivity contribution in [1.82, 2.24) is 0 Å². The molecule has 0 heterocycles. The third kappa shape index (κ3) is 11.7. The van der Waals surface area contributed by atoms with E-state index in [1.165, 1.54) is 38.9 Å². The van der Waals surface area contributed by atoms with Crippen molar-refractivity contribution in [3.05, 3.63) is 202 Å². The zero-order valence-corrected chi connectivity index (χ0v) is 41.9. The molecule has 0 bridgehead atoms. The molecule has 0 spiro atoms. The number of rotatable bonds is 17. The molecule has 0 saturated heterocycles. The summed E-state index contributed by atoms with van der Waals surface area (Å²) in [5.74, 6) is 1.61. The summed E-state index contributed by atoms with van der Waals surface area (Å²) >= 11 is 0. The average molecular weight is 987 g/mol. The van der Waals surface area contributed by atoms with Crippen LogP contribution in [0.15, 0.2) is 158 Å². The molecule has 0 saturated carbocycles. The van der Waals surface area contributed by atoms with E-state index in [1.54, 1.807) is 0 Å². The third-order valence-corrected chi connectivity index (χ3v) is 13.3. The summed E-state index contributed by atoms with van der Waals surface area (Å²) in [5.41, 5.74) is 7.81. The molecule has 0 aromatic heterocycles. The van der Waals surface area contributed by atoms with E-state index < -0.39 is 5.41 Å². The first-order chi connectivity index (χ1) is 29.1. The maximum Gasteiger partial charge on any atom is 0.215 e. The average Bonchev–Trinajstić information content (AvgIpc) is 3.30. The van der Waals surface area contributed by atoms with E-state index in [2.05, 4.69) is 192 Å². The number of aliphatic hydroxyl groups excluding tert-OH is 3. The monoisotopic (exact) mass is 986 g/mol. The van der Waals surface area contributed by atoms with Gasteiger partial charge in [-0.15, -0.1) is 24.0 Å². The Morgan fingerprint density at radius 3 is 1.10 bits per heavy atom. The van der Waals surface area contributed by atoms with Crippen LogP contribution in [0.2, 0.25) is 0 Å². The van der Waals surface area contributed by atoms with E-state index in [-0.39, 0.29) is 81.1 Å². The smallest absolute Gasteiger partial charge is 0.215 e. The van der Waals surface area contributed by atoms with Crippen LogP contribution in [-0.2, 0) is 26.2 Å². The maximum absolute atomic E-state index is 9.53. The molecule has 0 aliphatic heterocycles. The Bertz CT molecular complexity index is 2250. The summed E-state index contributed by atoms with van der Waals surface area (Å²) in [7, 11) is 2.04. The van der Waals surface area contributed by atoms with Gasteiger partial charge in [0, 0.05) is 32.8 Å². The second kappa shape index (κ2) is 22.3. The van der Waals surface area contributed by atoms with Gasteiger partial charge < -0.3 is 28.9 Å². The van der Waals surface area contributed by atoms with Crippen molar-refractivity contribution in [2.45, 2.75) is 77.0 Å². The van der Waals surface area contributed by atoms with Crippen LogP contribution in [0.5, 0.6) is 11.5 Å². The van der Waals surface area contributed by atoms with Crippen LogP contribution in [0.25, 0.3) is 0 Å². The normalized spacial score (nSPS) is 12.3. The Morgan fingerprint density at radius 2 is 0.758 bits per heavy atom. The van der Waals surface area contributed by atoms with Gasteiger partial charge in [-0.3, -0.25) is 0 Å². The molecular formula is C53H65IO6P2. The number of hydrogen-bond acceptors (Lipinski definition) is 6. The molecule has 0 amide bonds. The molecule has 0 aliphatic rings. The number of hydrogen-bond donors (Lipinski definition) is 3. The Morgan fingerprint density at radius 1 is 0.435 bits per heavy atom. The number of halogens is 1. The van der Waals surface area contributed by atoms with Gasteiger partial charge in [0.25, 0.3) is 0 Å². The van der Waals surface area contributed by atoms with Crippen LogP contribution in [0, 0.1) is 5.41 Å². The van der Waals surface area contributed by atoms with Gasteiger partial charge in [-0.05, 0) is 45.5 Å². The van der Waals surface area contributed by atoms with Crippen LogP contribution in [0.1, 0.15) is 99.9 Å². The lowest BCUT2D eigenvalue weighted by molar-refractivity contribution is -0.0239. The molecule has 3 N–H and O–H groups in total. The van der Waals surface area contributed by atoms with Crippen molar-refractivity contribution in [1.29, 1.82) is 0 Å². The topological polar surface area (TPSA) is 88.4 Å². The zero-order chi connectivity index (χ0) is 44.3. The molecule has 0 radical (unpaired) electrons. The standard InChI is InChI=1S/C29H37O5P.C24H27OP.HI/c1-27(2,22-11-7-5-8-12-22)24-15-16-26(34-35-33-21-29(18-30,19-31)20-32)25(17-24)28(3,4)23-13-9-6-10-14-23;1-23(2,18-11-7-5-8-12-18)20-15-16-22(25-26)21(17-20)24(3,4)19-13-9-6-10-14-19;/h5-17,30-32,35H,18-21H2,1-4H3;5-17H,26H2,1-4H3;1H. The molecule has 9 heteroatoms. The maximum atomic E-state index is 9.53. The minimum absolute atomic E-state index is 0. The fraction of sp³-hybridized carbons (Fsp3) is 0.321. The Kier molecular flexibility index (Phi) is 18.3. The Labute approximate surface area is 391 Å². The van der Waals surface area contributed by atoms with E-state index in [0.717, 1.165) is 11.3 Å². The minimum atomic E-state index is -1.09. The first-order valence-corrected chi connectivity index (χ1v) is 22.1. The largest absolute Gasteiger partial charge is 0.480 e. The Balaban J connectivity index is 0.000000279. The van der Waals surface area contributed by atoms with Crippen LogP contribution < -0.4 is 9.05 Å². The predicted molar refractivity (Wildman–Crippen MR) is 272 cm³/mol. The molecule has 330 valence electrons. The second-order valence-corrected chi connectivity index (χ2v) is 18.8. The highest BCUT2D eigenvalue weighted by Crippen LogP contribution is 2.44. The highest BCUT2D eigenvalue weighted by molar-refractivity contribution is 14.0. The van der Waals surface area contributed by atoms with Crippen molar-refractivity contribution >= 4 is 42.5 Å². The summed E-state index contributed by atoms with van der Waals surface area (Å²) < 4.78 is 17.4. The van der Waals surface area contributed by atoms with Gasteiger partial charge in [-0.2, -0.15) is 0 Å². The fourth-order valence-corrected chi connectivity index (χ4v) is 8.51. The van der Waals surface area contributed by atoms with Crippen LogP contribution >= 0.6 is 42.5 Å². The molecule has 0 fully saturated rings. The Hall–Kier alpha value is -3.65. The number of aliphatic hydroxyl groups is 3. The minimum Gasteiger partial charge on any atom is -0.480 e. The molecule has 6 aromatic rings. The summed E-state index contributed by atoms with van der Waals surface area (Å²) in [6.45, 7) is 16.7. The van der Waals surface area contributed by atoms with Crippen molar-refractivity contribution in [2.75, 3.05) is 26.4 Å². The zero-order valence-electron chi connectivity index (χ0n) is 37.4. The van der Waals surface area contributed by atoms with E-state index in [9.17, 15) is 15.3 Å². The summed E-state index contributed by atoms with van der Waals surface area (Å²) in [5, 5.41) is 28.6. The van der Waals surface area contributed by atoms with Gasteiger partial charge in [-0.25, -0.2) is 0 Å². The third-order valence-electron chi connectivity index (χ3n) is 12.5. The lowest BCUT2D eigenvalue weighted by Gasteiger charge is -2.32. The van der Waals surface area contributed by atoms with Gasteiger partial charge in [-0.1, -0.05) is 201 Å². The summed E-state index contributed by atoms with van der Waals surface area (Å²) in [6.07, 6.45) is 0. The first-order valence-electron chi connectivity index (χ1n) is 20.8. The SMILES string of the molecule is CC(C)(c1ccccc1)c1ccc(OP)c(C(C)(C)c2ccccc2)c1.CC(C)(c1ccccc1)c1ccc(OPOCC(CO)(CO)CO)c(C(C)(C)c2ccccc2)c1.I. The van der Waals surface area contributed by atoms with Crippen LogP contribution in [0.3, 0.4) is 0 Å². The second-order valence-electron chi connectivity index (χ2n) is 18.0. The van der Waals surface area contributed by atoms with E-state index in [0.29, 0.717) is 5.75 Å². The van der Waals surface area contributed by atoms with Crippen molar-refractivity contribution < 1.29 is 28.9 Å². The predicted octanol–water partition coefficient (Wildman–Crippen LogP) is 12.3. The van der Waals surface area contributed by atoms with Crippen molar-refractivity contribution in [3.8, 4) is 11.5 Å². The van der Waals surface area contributed by atoms with Crippen LogP contribution in [-0.4, -0.2) is 41.7 Å². The highest BCUT2D eigenvalue weighted by Gasteiger charge is 2.33. The van der Waals surface area contributed by atoms with Gasteiger partial charge >= 0.3 is 0 Å². The summed E-state index contributed by atoms with van der Waals surface area (Å²) in [4.78, 5) is 0. The lowest BCUT2D eigenvalue weighted by atomic mass is 9.73. The van der Waals surface area contributed by atoms with Crippen LogP contribution in [0.4, 0.5) is 0 Å². The quantitative estimate of drug-likeness (QED) is 0.0479. The summed E-state index contributed by atoms with van der Waals surface area (Å²) in [6, 6.07) is 54.9. The first kappa shape index (κ1) is 51.0. The van der Waals surface area contributed by atoms with Gasteiger partial charge in [0.1, 0.15) is 11.5 Å². The fourth-order valence-electron chi connectivity index (χ4n) is 7.61. The highest BCUT2D eigenvalue weighted by atomic mass is 127. The van der Waals surface area contributed by atoms with E-state index in [1.807, 2.05) is 30.3 Å². The molecular weight excluding hydrogens is 921 g/mol. The van der Waals surface area contributed by atoms with E-state index in [4.69, 9.17) is 13.6 Å².